The molecule has 0 saturated heterocycles. The molecule has 3 N–H and O–H groups in total. The molecule has 1 amide bonds. The van der Waals surface area contributed by atoms with Crippen LogP contribution in [0.2, 0.25) is 5.02 Å². The number of nitrogens with one attached hydrogen (secondary N) is 1. The Hall–Kier alpha value is -1.43. The van der Waals surface area contributed by atoms with Crippen molar-refractivity contribution in [1.29, 1.82) is 0 Å². The average Bonchev–Trinajstić information content (AvgIpc) is 2.87. The highest BCUT2D eigenvalue weighted by atomic mass is 35.5. The lowest BCUT2D eigenvalue weighted by atomic mass is 10.1. The van der Waals surface area contributed by atoms with Crippen molar-refractivity contribution in [1.82, 2.24) is 5.32 Å². The molecule has 0 aliphatic carbocycles. The number of thiophene rings is 1. The van der Waals surface area contributed by atoms with Crippen LogP contribution in [0.25, 0.3) is 0 Å². The van der Waals surface area contributed by atoms with Crippen LogP contribution in [0.4, 0.5) is 4.39 Å². The topological polar surface area (TPSA) is 55.1 Å². The van der Waals surface area contributed by atoms with Gasteiger partial charge < -0.3 is 5.73 Å². The van der Waals surface area contributed by atoms with Crippen molar-refractivity contribution < 1.29 is 9.18 Å². The van der Waals surface area contributed by atoms with Gasteiger partial charge in [-0.05, 0) is 17.5 Å². The minimum Gasteiger partial charge on any atom is -0.368 e. The monoisotopic (exact) mass is 298 g/mol. The van der Waals surface area contributed by atoms with Crippen LogP contribution in [0, 0.1) is 5.82 Å². The highest BCUT2D eigenvalue weighted by Gasteiger charge is 2.22. The molecule has 3 nitrogen and oxygen atoms in total. The maximum Gasteiger partial charge on any atom is 0.239 e. The summed E-state index contributed by atoms with van der Waals surface area (Å²) in [6.07, 6.45) is 0. The minimum atomic E-state index is -0.902. The maximum absolute atomic E-state index is 13.9. The van der Waals surface area contributed by atoms with E-state index in [1.165, 1.54) is 12.1 Å². The van der Waals surface area contributed by atoms with E-state index in [1.807, 2.05) is 17.5 Å². The zero-order valence-electron chi connectivity index (χ0n) is 9.90. The Morgan fingerprint density at radius 1 is 1.42 bits per heavy atom. The molecule has 0 radical (unpaired) electrons. The average molecular weight is 299 g/mol. The van der Waals surface area contributed by atoms with Gasteiger partial charge in [0.05, 0.1) is 5.02 Å². The quantitative estimate of drug-likeness (QED) is 0.892. The smallest absolute Gasteiger partial charge is 0.239 e. The van der Waals surface area contributed by atoms with E-state index in [0.717, 1.165) is 4.88 Å². The van der Waals surface area contributed by atoms with Crippen molar-refractivity contribution in [3.63, 3.8) is 0 Å². The van der Waals surface area contributed by atoms with E-state index in [0.29, 0.717) is 6.54 Å². The second kappa shape index (κ2) is 6.14. The van der Waals surface area contributed by atoms with Gasteiger partial charge in [-0.25, -0.2) is 4.39 Å². The molecule has 100 valence electrons. The van der Waals surface area contributed by atoms with Gasteiger partial charge in [-0.2, -0.15) is 0 Å². The van der Waals surface area contributed by atoms with Crippen LogP contribution in [0.1, 0.15) is 16.5 Å². The van der Waals surface area contributed by atoms with Gasteiger partial charge in [-0.1, -0.05) is 29.8 Å². The molecule has 1 atom stereocenters. The van der Waals surface area contributed by atoms with Gasteiger partial charge >= 0.3 is 0 Å². The summed E-state index contributed by atoms with van der Waals surface area (Å²) < 4.78 is 13.9. The second-order valence-corrected chi connectivity index (χ2v) is 5.38. The molecular formula is C13H12ClFN2OS. The fraction of sp³-hybridized carbons (Fsp3) is 0.154. The van der Waals surface area contributed by atoms with Crippen LogP contribution in [0.3, 0.4) is 0 Å². The van der Waals surface area contributed by atoms with Crippen molar-refractivity contribution in [3.8, 4) is 0 Å². The number of benzene rings is 1. The highest BCUT2D eigenvalue weighted by molar-refractivity contribution is 7.09. The molecule has 1 aromatic heterocycles. The van der Waals surface area contributed by atoms with Crippen LogP contribution < -0.4 is 11.1 Å². The van der Waals surface area contributed by atoms with Gasteiger partial charge in [0, 0.05) is 17.0 Å². The fourth-order valence-electron chi connectivity index (χ4n) is 1.72. The number of primary amides is 1. The second-order valence-electron chi connectivity index (χ2n) is 3.94. The van der Waals surface area contributed by atoms with Gasteiger partial charge in [-0.15, -0.1) is 11.3 Å². The van der Waals surface area contributed by atoms with E-state index >= 15 is 0 Å². The molecule has 0 fully saturated rings. The zero-order chi connectivity index (χ0) is 13.8. The molecule has 1 heterocycles. The molecule has 0 aliphatic rings. The summed E-state index contributed by atoms with van der Waals surface area (Å²) in [6.45, 7) is 0.442. The summed E-state index contributed by atoms with van der Waals surface area (Å²) in [5, 5.41) is 4.84. The Morgan fingerprint density at radius 3 is 2.84 bits per heavy atom. The minimum absolute atomic E-state index is 0.0262. The number of amides is 1. The van der Waals surface area contributed by atoms with Crippen LogP contribution >= 0.6 is 22.9 Å². The van der Waals surface area contributed by atoms with Crippen molar-refractivity contribution in [3.05, 3.63) is 57.0 Å². The Morgan fingerprint density at radius 2 is 2.21 bits per heavy atom. The van der Waals surface area contributed by atoms with Crippen molar-refractivity contribution in [2.75, 3.05) is 0 Å². The van der Waals surface area contributed by atoms with E-state index in [1.54, 1.807) is 17.4 Å². The molecule has 0 aliphatic heterocycles. The summed E-state index contributed by atoms with van der Waals surface area (Å²) in [4.78, 5) is 12.5. The van der Waals surface area contributed by atoms with E-state index < -0.39 is 17.8 Å². The first kappa shape index (κ1) is 14.0. The lowest BCUT2D eigenvalue weighted by molar-refractivity contribution is -0.120. The standard InChI is InChI=1S/C13H12ClFN2OS/c14-10-5-1-4-9(11(10)15)12(13(16)18)17-7-8-3-2-6-19-8/h1-6,12,17H,7H2,(H2,16,18). The first-order valence-corrected chi connectivity index (χ1v) is 6.84. The van der Waals surface area contributed by atoms with Gasteiger partial charge in [0.25, 0.3) is 0 Å². The lowest BCUT2D eigenvalue weighted by Crippen LogP contribution is -2.33. The van der Waals surface area contributed by atoms with Gasteiger partial charge in [-0.3, -0.25) is 10.1 Å². The molecule has 2 rings (SSSR count). The summed E-state index contributed by atoms with van der Waals surface area (Å²) in [5.74, 6) is -1.26. The maximum atomic E-state index is 13.9. The Bertz CT molecular complexity index is 574. The summed E-state index contributed by atoms with van der Waals surface area (Å²) in [6, 6.07) is 7.44. The van der Waals surface area contributed by atoms with Crippen molar-refractivity contribution in [2.45, 2.75) is 12.6 Å². The number of rotatable bonds is 5. The number of hydrogen-bond acceptors (Lipinski definition) is 3. The molecule has 1 aromatic carbocycles. The number of carbonyl (C=O) groups excluding carboxylic acids is 1. The number of nitrogens with two attached hydrogens (primary N) is 1. The molecular weight excluding hydrogens is 287 g/mol. The lowest BCUT2D eigenvalue weighted by Gasteiger charge is -2.16. The fourth-order valence-corrected chi connectivity index (χ4v) is 2.56. The highest BCUT2D eigenvalue weighted by Crippen LogP contribution is 2.24. The SMILES string of the molecule is NC(=O)C(NCc1cccs1)c1cccc(Cl)c1F. The number of hydrogen-bond donors (Lipinski definition) is 2. The third kappa shape index (κ3) is 3.32. The largest absolute Gasteiger partial charge is 0.368 e. The third-order valence-electron chi connectivity index (χ3n) is 2.64. The summed E-state index contributed by atoms with van der Waals surface area (Å²) in [5.41, 5.74) is 5.48. The van der Waals surface area contributed by atoms with Crippen LogP contribution in [0.15, 0.2) is 35.7 Å². The van der Waals surface area contributed by atoms with Crippen molar-refractivity contribution in [2.24, 2.45) is 5.73 Å². The normalized spacial score (nSPS) is 12.3. The molecule has 6 heteroatoms. The Kier molecular flexibility index (Phi) is 4.52. The molecule has 2 aromatic rings. The van der Waals surface area contributed by atoms with Crippen LogP contribution in [-0.4, -0.2) is 5.91 Å². The molecule has 19 heavy (non-hydrogen) atoms. The first-order valence-electron chi connectivity index (χ1n) is 5.58. The van der Waals surface area contributed by atoms with Crippen LogP contribution in [-0.2, 0) is 11.3 Å². The number of halogens is 2. The first-order chi connectivity index (χ1) is 9.09. The van der Waals surface area contributed by atoms with E-state index in [-0.39, 0.29) is 10.6 Å². The van der Waals surface area contributed by atoms with Gasteiger partial charge in [0.2, 0.25) is 5.91 Å². The summed E-state index contributed by atoms with van der Waals surface area (Å²) in [7, 11) is 0. The summed E-state index contributed by atoms with van der Waals surface area (Å²) >= 11 is 7.25. The predicted molar refractivity (Wildman–Crippen MR) is 74.5 cm³/mol. The zero-order valence-corrected chi connectivity index (χ0v) is 11.5. The van der Waals surface area contributed by atoms with E-state index in [2.05, 4.69) is 5.32 Å². The predicted octanol–water partition coefficient (Wildman–Crippen LogP) is 2.86. The molecule has 1 unspecified atom stereocenters. The van der Waals surface area contributed by atoms with Crippen LogP contribution in [0.5, 0.6) is 0 Å². The van der Waals surface area contributed by atoms with E-state index in [9.17, 15) is 9.18 Å². The Labute approximate surface area is 119 Å². The molecule has 0 bridgehead atoms. The molecule has 0 saturated carbocycles. The van der Waals surface area contributed by atoms with Gasteiger partial charge in [0.15, 0.2) is 0 Å². The number of carbonyl (C=O) groups is 1. The van der Waals surface area contributed by atoms with Crippen molar-refractivity contribution >= 4 is 28.8 Å². The van der Waals surface area contributed by atoms with E-state index in [4.69, 9.17) is 17.3 Å². The Balaban J connectivity index is 2.20. The third-order valence-corrected chi connectivity index (χ3v) is 3.81. The van der Waals surface area contributed by atoms with Gasteiger partial charge in [0.1, 0.15) is 11.9 Å². The molecule has 0 spiro atoms.